The third kappa shape index (κ3) is 1.06. The highest BCUT2D eigenvalue weighted by Gasteiger charge is 2.13. The van der Waals surface area contributed by atoms with Crippen molar-refractivity contribution in [1.82, 2.24) is 0 Å². The Hall–Kier alpha value is -1.63. The first-order valence-electron chi connectivity index (χ1n) is 4.94. The fourth-order valence-corrected chi connectivity index (χ4v) is 2.12. The molecule has 0 radical (unpaired) electrons. The molecule has 0 aromatic heterocycles. The van der Waals surface area contributed by atoms with Gasteiger partial charge in [0.25, 0.3) is 0 Å². The topological polar surface area (TPSA) is 12.4 Å². The summed E-state index contributed by atoms with van der Waals surface area (Å²) in [4.78, 5) is 4.34. The molecule has 14 heavy (non-hydrogen) atoms. The molecule has 0 saturated carbocycles. The number of hydrogen-bond acceptors (Lipinski definition) is 1. The zero-order valence-electron chi connectivity index (χ0n) is 7.90. The lowest BCUT2D eigenvalue weighted by Gasteiger charge is -2.15. The first-order valence-corrected chi connectivity index (χ1v) is 4.94. The fraction of sp³-hybridized carbons (Fsp3) is 0.154. The average Bonchev–Trinajstić information content (AvgIpc) is 2.44. The molecule has 2 aliphatic rings. The summed E-state index contributed by atoms with van der Waals surface area (Å²) in [6.45, 7) is 0.799. The Labute approximate surface area is 83.5 Å². The van der Waals surface area contributed by atoms with E-state index in [9.17, 15) is 0 Å². The van der Waals surface area contributed by atoms with E-state index in [1.54, 1.807) is 0 Å². The van der Waals surface area contributed by atoms with Crippen molar-refractivity contribution in [3.8, 4) is 0 Å². The first kappa shape index (κ1) is 7.74. The second-order valence-corrected chi connectivity index (χ2v) is 3.64. The van der Waals surface area contributed by atoms with Gasteiger partial charge >= 0.3 is 0 Å². The second kappa shape index (κ2) is 2.95. The number of allylic oxidation sites excluding steroid dienone is 3. The monoisotopic (exact) mass is 181 g/mol. The van der Waals surface area contributed by atoms with Crippen molar-refractivity contribution in [2.45, 2.75) is 6.42 Å². The molecule has 0 bridgehead atoms. The summed E-state index contributed by atoms with van der Waals surface area (Å²) in [5.41, 5.74) is 5.40. The zero-order chi connectivity index (χ0) is 9.38. The molecule has 1 aliphatic carbocycles. The van der Waals surface area contributed by atoms with Gasteiger partial charge in [0.1, 0.15) is 0 Å². The Morgan fingerprint density at radius 2 is 2.21 bits per heavy atom. The maximum atomic E-state index is 4.34. The highest BCUT2D eigenvalue weighted by molar-refractivity contribution is 5.94. The summed E-state index contributed by atoms with van der Waals surface area (Å²) in [6.07, 6.45) is 9.67. The Morgan fingerprint density at radius 3 is 3.21 bits per heavy atom. The van der Waals surface area contributed by atoms with Crippen molar-refractivity contribution in [2.75, 3.05) is 6.54 Å². The molecule has 0 amide bonds. The third-order valence-electron chi connectivity index (χ3n) is 2.75. The van der Waals surface area contributed by atoms with Gasteiger partial charge in [0.05, 0.1) is 6.54 Å². The van der Waals surface area contributed by atoms with Crippen molar-refractivity contribution in [3.63, 3.8) is 0 Å². The standard InChI is InChI=1S/C13H11N/c1-3-10-4-2-6-12-9-14-8-7-11(5-1)13(10)12/h1-2,4-7,9H,3,8H2. The summed E-state index contributed by atoms with van der Waals surface area (Å²) in [6, 6.07) is 6.46. The summed E-state index contributed by atoms with van der Waals surface area (Å²) in [5.74, 6) is 0. The van der Waals surface area contributed by atoms with Crippen LogP contribution in [0.25, 0.3) is 5.57 Å². The zero-order valence-corrected chi connectivity index (χ0v) is 7.90. The predicted molar refractivity (Wildman–Crippen MR) is 59.7 cm³/mol. The van der Waals surface area contributed by atoms with Crippen LogP contribution < -0.4 is 0 Å². The van der Waals surface area contributed by atoms with Gasteiger partial charge in [0.2, 0.25) is 0 Å². The van der Waals surface area contributed by atoms with Crippen LogP contribution in [0.3, 0.4) is 0 Å². The van der Waals surface area contributed by atoms with E-state index < -0.39 is 0 Å². The minimum Gasteiger partial charge on any atom is -0.288 e. The van der Waals surface area contributed by atoms with Crippen LogP contribution in [0.1, 0.15) is 16.7 Å². The lowest BCUT2D eigenvalue weighted by molar-refractivity contribution is 1.22. The molecule has 1 heteroatoms. The van der Waals surface area contributed by atoms with Crippen LogP contribution in [0.5, 0.6) is 0 Å². The van der Waals surface area contributed by atoms with Gasteiger partial charge in [-0.25, -0.2) is 0 Å². The van der Waals surface area contributed by atoms with Crippen LogP contribution in [-0.4, -0.2) is 12.8 Å². The van der Waals surface area contributed by atoms with Gasteiger partial charge in [-0.3, -0.25) is 4.99 Å². The van der Waals surface area contributed by atoms with E-state index in [-0.39, 0.29) is 0 Å². The van der Waals surface area contributed by atoms with Crippen molar-refractivity contribution in [2.24, 2.45) is 4.99 Å². The number of hydrogen-bond donors (Lipinski definition) is 0. The van der Waals surface area contributed by atoms with Crippen molar-refractivity contribution < 1.29 is 0 Å². The number of rotatable bonds is 0. The molecule has 1 heterocycles. The van der Waals surface area contributed by atoms with Gasteiger partial charge in [-0.15, -0.1) is 0 Å². The molecule has 1 aromatic rings. The Bertz CT molecular complexity index is 464. The molecule has 0 fully saturated rings. The summed E-state index contributed by atoms with van der Waals surface area (Å²) < 4.78 is 0. The Kier molecular flexibility index (Phi) is 1.63. The molecule has 1 aromatic carbocycles. The lowest BCUT2D eigenvalue weighted by Crippen LogP contribution is -2.00. The van der Waals surface area contributed by atoms with Gasteiger partial charge in [-0.05, 0) is 23.1 Å². The van der Waals surface area contributed by atoms with E-state index in [1.807, 2.05) is 6.21 Å². The van der Waals surface area contributed by atoms with E-state index in [1.165, 1.54) is 22.3 Å². The molecule has 0 unspecified atom stereocenters. The molecule has 0 atom stereocenters. The van der Waals surface area contributed by atoms with Gasteiger partial charge in [-0.1, -0.05) is 36.4 Å². The van der Waals surface area contributed by atoms with Crippen LogP contribution in [0.15, 0.2) is 41.4 Å². The first-order chi connectivity index (χ1) is 6.95. The largest absolute Gasteiger partial charge is 0.288 e. The van der Waals surface area contributed by atoms with Crippen LogP contribution >= 0.6 is 0 Å². The van der Waals surface area contributed by atoms with E-state index in [0.717, 1.165) is 13.0 Å². The molecule has 0 spiro atoms. The normalized spacial score (nSPS) is 17.3. The maximum Gasteiger partial charge on any atom is 0.0579 e. The number of nitrogens with zero attached hydrogens (tertiary/aromatic N) is 1. The van der Waals surface area contributed by atoms with Crippen molar-refractivity contribution in [3.05, 3.63) is 53.1 Å². The minimum absolute atomic E-state index is 0.799. The molecule has 1 nitrogen and oxygen atoms in total. The number of benzene rings is 1. The van der Waals surface area contributed by atoms with E-state index in [4.69, 9.17) is 0 Å². The lowest BCUT2D eigenvalue weighted by atomic mass is 9.89. The van der Waals surface area contributed by atoms with E-state index in [0.29, 0.717) is 0 Å². The number of aliphatic imine (C=N–C) groups is 1. The molecule has 3 rings (SSSR count). The van der Waals surface area contributed by atoms with Gasteiger partial charge < -0.3 is 0 Å². The van der Waals surface area contributed by atoms with Crippen LogP contribution in [0.2, 0.25) is 0 Å². The van der Waals surface area contributed by atoms with Crippen LogP contribution in [0, 0.1) is 0 Å². The summed E-state index contributed by atoms with van der Waals surface area (Å²) >= 11 is 0. The smallest absolute Gasteiger partial charge is 0.0579 e. The molecule has 1 aliphatic heterocycles. The molecule has 68 valence electrons. The van der Waals surface area contributed by atoms with Gasteiger partial charge in [0.15, 0.2) is 0 Å². The Morgan fingerprint density at radius 1 is 1.21 bits per heavy atom. The quantitative estimate of drug-likeness (QED) is 0.583. The highest BCUT2D eigenvalue weighted by atomic mass is 14.7. The van der Waals surface area contributed by atoms with Crippen LogP contribution in [-0.2, 0) is 6.42 Å². The van der Waals surface area contributed by atoms with Crippen LogP contribution in [0.4, 0.5) is 0 Å². The van der Waals surface area contributed by atoms with Crippen molar-refractivity contribution >= 4 is 11.8 Å². The Balaban J connectivity index is 2.34. The molecule has 0 saturated heterocycles. The maximum absolute atomic E-state index is 4.34. The fourth-order valence-electron chi connectivity index (χ4n) is 2.12. The third-order valence-corrected chi connectivity index (χ3v) is 2.75. The summed E-state index contributed by atoms with van der Waals surface area (Å²) in [5, 5.41) is 0. The van der Waals surface area contributed by atoms with Gasteiger partial charge in [0, 0.05) is 11.8 Å². The molecular weight excluding hydrogens is 170 g/mol. The second-order valence-electron chi connectivity index (χ2n) is 3.64. The predicted octanol–water partition coefficient (Wildman–Crippen LogP) is 2.61. The van der Waals surface area contributed by atoms with E-state index >= 15 is 0 Å². The SMILES string of the molecule is C1=CC2=CCN=Cc3cccc(c32)C1. The average molecular weight is 181 g/mol. The highest BCUT2D eigenvalue weighted by Crippen LogP contribution is 2.29. The minimum atomic E-state index is 0.799. The summed E-state index contributed by atoms with van der Waals surface area (Å²) in [7, 11) is 0. The molecule has 0 N–H and O–H groups in total. The van der Waals surface area contributed by atoms with E-state index in [2.05, 4.69) is 41.4 Å². The van der Waals surface area contributed by atoms with Gasteiger partial charge in [-0.2, -0.15) is 0 Å². The van der Waals surface area contributed by atoms with Crippen molar-refractivity contribution in [1.29, 1.82) is 0 Å². The molecular formula is C13H11N.